The minimum Gasteiger partial charge on any atom is -0.497 e. The summed E-state index contributed by atoms with van der Waals surface area (Å²) in [5, 5.41) is 21.8. The molecule has 1 fully saturated rings. The molecule has 0 amide bonds. The monoisotopic (exact) mass is 333 g/mol. The molecule has 1 aliphatic heterocycles. The van der Waals surface area contributed by atoms with Crippen molar-refractivity contribution in [2.45, 2.75) is 25.0 Å². The highest BCUT2D eigenvalue weighted by Crippen LogP contribution is 2.27. The predicted octanol–water partition coefficient (Wildman–Crippen LogP) is 0.708. The molecule has 0 spiro atoms. The van der Waals surface area contributed by atoms with Crippen molar-refractivity contribution in [2.24, 2.45) is 0 Å². The van der Waals surface area contributed by atoms with E-state index in [0.29, 0.717) is 19.0 Å². The first-order valence-electron chi connectivity index (χ1n) is 8.00. The Balaban J connectivity index is 1.77. The first-order valence-corrected chi connectivity index (χ1v) is 8.00. The highest BCUT2D eigenvalue weighted by atomic mass is 16.5. The standard InChI is InChI=1S/C16H23N5O3/c1-23-14-6-4-13(5-7-14)10-21-15(17-18-19-21)20-9-3-8-16(11-20,12-22)24-2/h4-7,22H,3,8-12H2,1-2H3. The Morgan fingerprint density at radius 3 is 2.71 bits per heavy atom. The normalized spacial score (nSPS) is 21.0. The van der Waals surface area contributed by atoms with Crippen LogP contribution in [0.3, 0.4) is 0 Å². The summed E-state index contributed by atoms with van der Waals surface area (Å²) in [5.74, 6) is 1.51. The fourth-order valence-corrected chi connectivity index (χ4v) is 3.06. The maximum atomic E-state index is 9.69. The van der Waals surface area contributed by atoms with Crippen molar-refractivity contribution in [2.75, 3.05) is 38.8 Å². The second-order valence-electron chi connectivity index (χ2n) is 6.05. The minimum absolute atomic E-state index is 0.0138. The smallest absolute Gasteiger partial charge is 0.245 e. The lowest BCUT2D eigenvalue weighted by Gasteiger charge is -2.40. The van der Waals surface area contributed by atoms with Crippen molar-refractivity contribution >= 4 is 5.95 Å². The molecule has 3 rings (SSSR count). The van der Waals surface area contributed by atoms with E-state index in [1.165, 1.54) is 0 Å². The number of hydrogen-bond acceptors (Lipinski definition) is 7. The lowest BCUT2D eigenvalue weighted by atomic mass is 9.93. The Hall–Kier alpha value is -2.19. The van der Waals surface area contributed by atoms with Gasteiger partial charge in [0.05, 0.1) is 26.8 Å². The third-order valence-corrected chi connectivity index (χ3v) is 4.55. The number of ether oxygens (including phenoxy) is 2. The summed E-state index contributed by atoms with van der Waals surface area (Å²) in [5.41, 5.74) is 0.538. The van der Waals surface area contributed by atoms with E-state index in [4.69, 9.17) is 9.47 Å². The van der Waals surface area contributed by atoms with Gasteiger partial charge >= 0.3 is 0 Å². The van der Waals surface area contributed by atoms with Gasteiger partial charge in [0.15, 0.2) is 0 Å². The molecule has 0 bridgehead atoms. The van der Waals surface area contributed by atoms with Gasteiger partial charge in [-0.15, -0.1) is 0 Å². The van der Waals surface area contributed by atoms with Crippen LogP contribution in [0.4, 0.5) is 5.95 Å². The summed E-state index contributed by atoms with van der Waals surface area (Å²) < 4.78 is 12.5. The van der Waals surface area contributed by atoms with Crippen LogP contribution in [-0.2, 0) is 11.3 Å². The number of aliphatic hydroxyl groups excluding tert-OH is 1. The number of piperidine rings is 1. The fraction of sp³-hybridized carbons (Fsp3) is 0.562. The van der Waals surface area contributed by atoms with Gasteiger partial charge in [0, 0.05) is 13.7 Å². The lowest BCUT2D eigenvalue weighted by molar-refractivity contribution is -0.0598. The highest BCUT2D eigenvalue weighted by Gasteiger charge is 2.36. The zero-order valence-electron chi connectivity index (χ0n) is 14.1. The molecule has 8 heteroatoms. The number of anilines is 1. The van der Waals surface area contributed by atoms with Gasteiger partial charge in [0.2, 0.25) is 5.95 Å². The average molecular weight is 333 g/mol. The summed E-state index contributed by atoms with van der Waals surface area (Å²) in [4.78, 5) is 2.08. The highest BCUT2D eigenvalue weighted by molar-refractivity contribution is 5.33. The van der Waals surface area contributed by atoms with E-state index in [0.717, 1.165) is 30.7 Å². The first kappa shape index (κ1) is 16.7. The van der Waals surface area contributed by atoms with Crippen molar-refractivity contribution in [1.29, 1.82) is 0 Å². The van der Waals surface area contributed by atoms with E-state index in [-0.39, 0.29) is 6.61 Å². The summed E-state index contributed by atoms with van der Waals surface area (Å²) in [6, 6.07) is 7.82. The molecule has 24 heavy (non-hydrogen) atoms. The van der Waals surface area contributed by atoms with Crippen LogP contribution in [-0.4, -0.2) is 64.8 Å². The van der Waals surface area contributed by atoms with Crippen molar-refractivity contribution in [3.63, 3.8) is 0 Å². The number of methoxy groups -OCH3 is 2. The van der Waals surface area contributed by atoms with Crippen LogP contribution < -0.4 is 9.64 Å². The fourth-order valence-electron chi connectivity index (χ4n) is 3.06. The van der Waals surface area contributed by atoms with Crippen LogP contribution in [0, 0.1) is 0 Å². The quantitative estimate of drug-likeness (QED) is 0.833. The van der Waals surface area contributed by atoms with E-state index in [9.17, 15) is 5.11 Å². The van der Waals surface area contributed by atoms with Crippen LogP contribution in [0.2, 0.25) is 0 Å². The molecule has 2 aromatic rings. The summed E-state index contributed by atoms with van der Waals surface area (Å²) >= 11 is 0. The molecule has 0 radical (unpaired) electrons. The van der Waals surface area contributed by atoms with Gasteiger partial charge < -0.3 is 19.5 Å². The minimum atomic E-state index is -0.546. The van der Waals surface area contributed by atoms with Crippen LogP contribution in [0.25, 0.3) is 0 Å². The van der Waals surface area contributed by atoms with Crippen LogP contribution in [0.5, 0.6) is 5.75 Å². The molecule has 130 valence electrons. The molecule has 1 atom stereocenters. The Kier molecular flexibility index (Phi) is 4.96. The Morgan fingerprint density at radius 2 is 2.04 bits per heavy atom. The third-order valence-electron chi connectivity index (χ3n) is 4.55. The lowest BCUT2D eigenvalue weighted by Crippen LogP contribution is -2.52. The van der Waals surface area contributed by atoms with Gasteiger partial charge in [-0.3, -0.25) is 0 Å². The second-order valence-corrected chi connectivity index (χ2v) is 6.05. The van der Waals surface area contributed by atoms with E-state index in [1.54, 1.807) is 18.9 Å². The van der Waals surface area contributed by atoms with Crippen LogP contribution in [0.15, 0.2) is 24.3 Å². The summed E-state index contributed by atoms with van der Waals surface area (Å²) in [6.45, 7) is 1.97. The number of tetrazole rings is 1. The Bertz CT molecular complexity index is 654. The van der Waals surface area contributed by atoms with Gasteiger partial charge in [-0.1, -0.05) is 17.2 Å². The molecule has 1 unspecified atom stereocenters. The molecule has 8 nitrogen and oxygen atoms in total. The molecule has 1 aromatic carbocycles. The van der Waals surface area contributed by atoms with Crippen molar-refractivity contribution in [3.05, 3.63) is 29.8 Å². The Labute approximate surface area is 141 Å². The molecular formula is C16H23N5O3. The molecule has 0 saturated carbocycles. The number of hydrogen-bond donors (Lipinski definition) is 1. The third kappa shape index (κ3) is 3.34. The predicted molar refractivity (Wildman–Crippen MR) is 88.2 cm³/mol. The maximum Gasteiger partial charge on any atom is 0.245 e. The van der Waals surface area contributed by atoms with Gasteiger partial charge in [-0.05, 0) is 41.0 Å². The molecule has 1 aliphatic rings. The van der Waals surface area contributed by atoms with Gasteiger partial charge in [-0.2, -0.15) is 0 Å². The largest absolute Gasteiger partial charge is 0.497 e. The van der Waals surface area contributed by atoms with Crippen LogP contribution in [0.1, 0.15) is 18.4 Å². The van der Waals surface area contributed by atoms with E-state index >= 15 is 0 Å². The van der Waals surface area contributed by atoms with Crippen LogP contribution >= 0.6 is 0 Å². The zero-order valence-corrected chi connectivity index (χ0v) is 14.1. The number of aromatic nitrogens is 4. The summed E-state index contributed by atoms with van der Waals surface area (Å²) in [6.07, 6.45) is 1.75. The summed E-state index contributed by atoms with van der Waals surface area (Å²) in [7, 11) is 3.29. The molecule has 0 aliphatic carbocycles. The average Bonchev–Trinajstić information content (AvgIpc) is 3.10. The SMILES string of the molecule is COc1ccc(Cn2nnnc2N2CCCC(CO)(OC)C2)cc1. The first-order chi connectivity index (χ1) is 11.7. The van der Waals surface area contributed by atoms with Crippen molar-refractivity contribution in [3.8, 4) is 5.75 Å². The van der Waals surface area contributed by atoms with Crippen molar-refractivity contribution in [1.82, 2.24) is 20.2 Å². The number of aliphatic hydroxyl groups is 1. The maximum absolute atomic E-state index is 9.69. The molecule has 1 N–H and O–H groups in total. The molecule has 1 aromatic heterocycles. The van der Waals surface area contributed by atoms with Gasteiger partial charge in [0.1, 0.15) is 11.4 Å². The Morgan fingerprint density at radius 1 is 1.25 bits per heavy atom. The number of rotatable bonds is 6. The van der Waals surface area contributed by atoms with Gasteiger partial charge in [-0.25, -0.2) is 4.68 Å². The number of benzene rings is 1. The molecule has 2 heterocycles. The van der Waals surface area contributed by atoms with E-state index in [1.807, 2.05) is 24.3 Å². The topological polar surface area (TPSA) is 85.5 Å². The second kappa shape index (κ2) is 7.14. The number of nitrogens with zero attached hydrogens (tertiary/aromatic N) is 5. The molecule has 1 saturated heterocycles. The van der Waals surface area contributed by atoms with E-state index in [2.05, 4.69) is 20.4 Å². The zero-order chi connectivity index (χ0) is 17.0. The van der Waals surface area contributed by atoms with Gasteiger partial charge in [0.25, 0.3) is 0 Å². The van der Waals surface area contributed by atoms with Crippen molar-refractivity contribution < 1.29 is 14.6 Å². The molecular weight excluding hydrogens is 310 g/mol. The van der Waals surface area contributed by atoms with E-state index < -0.39 is 5.60 Å².